The first-order valence-corrected chi connectivity index (χ1v) is 7.04. The highest BCUT2D eigenvalue weighted by atomic mass is 79.9. The van der Waals surface area contributed by atoms with Crippen molar-refractivity contribution in [3.63, 3.8) is 0 Å². The lowest BCUT2D eigenvalue weighted by Crippen LogP contribution is -2.11. The van der Waals surface area contributed by atoms with E-state index in [-0.39, 0.29) is 5.82 Å². The fraction of sp³-hybridized carbons (Fsp3) is 0.571. The summed E-state index contributed by atoms with van der Waals surface area (Å²) in [5.74, 6) is 1.07. The first-order valence-electron chi connectivity index (χ1n) is 6.25. The van der Waals surface area contributed by atoms with Gasteiger partial charge in [0.15, 0.2) is 0 Å². The Balaban J connectivity index is 2.47. The summed E-state index contributed by atoms with van der Waals surface area (Å²) in [5.41, 5.74) is 0. The highest BCUT2D eigenvalue weighted by Gasteiger charge is 2.08. The van der Waals surface area contributed by atoms with E-state index >= 15 is 0 Å². The Labute approximate surface area is 111 Å². The first-order chi connectivity index (χ1) is 8.17. The lowest BCUT2D eigenvalue weighted by Gasteiger charge is -2.16. The van der Waals surface area contributed by atoms with Gasteiger partial charge in [0.05, 0.1) is 11.1 Å². The summed E-state index contributed by atoms with van der Waals surface area (Å²) in [6, 6.07) is 4.53. The minimum Gasteiger partial charge on any atom is -0.492 e. The van der Waals surface area contributed by atoms with E-state index in [1.807, 2.05) is 0 Å². The number of hydrogen-bond acceptors (Lipinski definition) is 1. The summed E-state index contributed by atoms with van der Waals surface area (Å²) < 4.78 is 19.3. The zero-order chi connectivity index (χ0) is 12.7. The van der Waals surface area contributed by atoms with Gasteiger partial charge in [0.2, 0.25) is 0 Å². The third-order valence-corrected chi connectivity index (χ3v) is 3.53. The smallest absolute Gasteiger partial charge is 0.133 e. The molecule has 0 amide bonds. The second-order valence-corrected chi connectivity index (χ2v) is 5.16. The molecule has 3 heteroatoms. The minimum absolute atomic E-state index is 0.248. The molecule has 0 fully saturated rings. The Morgan fingerprint density at radius 1 is 1.35 bits per heavy atom. The molecule has 0 aromatic heterocycles. The first kappa shape index (κ1) is 14.5. The normalized spacial score (nSPS) is 12.5. The van der Waals surface area contributed by atoms with Crippen LogP contribution < -0.4 is 4.74 Å². The van der Waals surface area contributed by atoms with Crippen LogP contribution in [0.4, 0.5) is 4.39 Å². The molecule has 1 aromatic rings. The molecule has 0 N–H and O–H groups in total. The standard InChI is InChI=1S/C14H20BrFO/c1-3-5-6-11(4-2)10-17-14-8-7-12(16)9-13(14)15/h7-9,11H,3-6,10H2,1-2H3. The van der Waals surface area contributed by atoms with Gasteiger partial charge in [0.1, 0.15) is 11.6 Å². The molecule has 0 spiro atoms. The second-order valence-electron chi connectivity index (χ2n) is 4.30. The van der Waals surface area contributed by atoms with Crippen LogP contribution in [0.5, 0.6) is 5.75 Å². The fourth-order valence-electron chi connectivity index (χ4n) is 1.70. The number of benzene rings is 1. The molecular formula is C14H20BrFO. The summed E-state index contributed by atoms with van der Waals surface area (Å²) in [7, 11) is 0. The Bertz CT molecular complexity index is 341. The van der Waals surface area contributed by atoms with E-state index in [4.69, 9.17) is 4.74 Å². The van der Waals surface area contributed by atoms with Crippen molar-refractivity contribution in [3.05, 3.63) is 28.5 Å². The van der Waals surface area contributed by atoms with Gasteiger partial charge < -0.3 is 4.74 Å². The summed E-state index contributed by atoms with van der Waals surface area (Å²) >= 11 is 3.31. The molecule has 0 aliphatic heterocycles. The highest BCUT2D eigenvalue weighted by molar-refractivity contribution is 9.10. The van der Waals surface area contributed by atoms with Crippen molar-refractivity contribution >= 4 is 15.9 Å². The van der Waals surface area contributed by atoms with Gasteiger partial charge in [0.25, 0.3) is 0 Å². The molecule has 0 saturated carbocycles. The monoisotopic (exact) mass is 302 g/mol. The molecule has 0 aliphatic rings. The maximum Gasteiger partial charge on any atom is 0.133 e. The molecule has 1 atom stereocenters. The molecule has 1 aromatic carbocycles. The third kappa shape index (κ3) is 5.07. The van der Waals surface area contributed by atoms with Gasteiger partial charge in [-0.05, 0) is 46.5 Å². The van der Waals surface area contributed by atoms with Gasteiger partial charge >= 0.3 is 0 Å². The van der Waals surface area contributed by atoms with Crippen molar-refractivity contribution < 1.29 is 9.13 Å². The summed E-state index contributed by atoms with van der Waals surface area (Å²) in [6.45, 7) is 5.09. The summed E-state index contributed by atoms with van der Waals surface area (Å²) in [6.07, 6.45) is 4.79. The zero-order valence-corrected chi connectivity index (χ0v) is 12.1. The largest absolute Gasteiger partial charge is 0.492 e. The van der Waals surface area contributed by atoms with Crippen LogP contribution in [0.1, 0.15) is 39.5 Å². The molecule has 1 unspecified atom stereocenters. The van der Waals surface area contributed by atoms with Crippen molar-refractivity contribution in [1.82, 2.24) is 0 Å². The lowest BCUT2D eigenvalue weighted by atomic mass is 10.0. The van der Waals surface area contributed by atoms with Crippen LogP contribution in [0.2, 0.25) is 0 Å². The Morgan fingerprint density at radius 2 is 2.12 bits per heavy atom. The van der Waals surface area contributed by atoms with E-state index in [1.165, 1.54) is 31.4 Å². The number of hydrogen-bond donors (Lipinski definition) is 0. The molecule has 0 saturated heterocycles. The third-order valence-electron chi connectivity index (χ3n) is 2.91. The van der Waals surface area contributed by atoms with Gasteiger partial charge in [-0.15, -0.1) is 0 Å². The van der Waals surface area contributed by atoms with E-state index in [0.717, 1.165) is 12.2 Å². The molecule has 1 rings (SSSR count). The molecular weight excluding hydrogens is 283 g/mol. The average Bonchev–Trinajstić information content (AvgIpc) is 2.31. The Hall–Kier alpha value is -0.570. The van der Waals surface area contributed by atoms with Crippen LogP contribution in [-0.2, 0) is 0 Å². The molecule has 0 aliphatic carbocycles. The van der Waals surface area contributed by atoms with Crippen LogP contribution >= 0.6 is 15.9 Å². The fourth-order valence-corrected chi connectivity index (χ4v) is 2.16. The van der Waals surface area contributed by atoms with Gasteiger partial charge in [-0.3, -0.25) is 0 Å². The van der Waals surface area contributed by atoms with Crippen LogP contribution in [-0.4, -0.2) is 6.61 Å². The van der Waals surface area contributed by atoms with E-state index in [1.54, 1.807) is 6.07 Å². The Kier molecular flexibility index (Phi) is 6.56. The summed E-state index contributed by atoms with van der Waals surface area (Å²) in [4.78, 5) is 0. The van der Waals surface area contributed by atoms with Crippen LogP contribution in [0, 0.1) is 11.7 Å². The minimum atomic E-state index is -0.248. The van der Waals surface area contributed by atoms with Crippen molar-refractivity contribution in [3.8, 4) is 5.75 Å². The van der Waals surface area contributed by atoms with Gasteiger partial charge in [-0.25, -0.2) is 4.39 Å². The maximum absolute atomic E-state index is 12.9. The SMILES string of the molecule is CCCCC(CC)COc1ccc(F)cc1Br. The van der Waals surface area contributed by atoms with E-state index < -0.39 is 0 Å². The number of ether oxygens (including phenoxy) is 1. The molecule has 0 bridgehead atoms. The van der Waals surface area contributed by atoms with E-state index in [2.05, 4.69) is 29.8 Å². The molecule has 0 radical (unpaired) electrons. The lowest BCUT2D eigenvalue weighted by molar-refractivity contribution is 0.232. The van der Waals surface area contributed by atoms with Crippen molar-refractivity contribution in [1.29, 1.82) is 0 Å². The van der Waals surface area contributed by atoms with Gasteiger partial charge in [-0.2, -0.15) is 0 Å². The molecule has 1 nitrogen and oxygen atoms in total. The van der Waals surface area contributed by atoms with Gasteiger partial charge in [0, 0.05) is 0 Å². The number of rotatable bonds is 7. The zero-order valence-electron chi connectivity index (χ0n) is 10.5. The van der Waals surface area contributed by atoms with Crippen LogP contribution in [0.25, 0.3) is 0 Å². The average molecular weight is 303 g/mol. The van der Waals surface area contributed by atoms with E-state index in [9.17, 15) is 4.39 Å². The van der Waals surface area contributed by atoms with Crippen molar-refractivity contribution in [2.75, 3.05) is 6.61 Å². The van der Waals surface area contributed by atoms with Crippen molar-refractivity contribution in [2.45, 2.75) is 39.5 Å². The molecule has 17 heavy (non-hydrogen) atoms. The number of halogens is 2. The predicted molar refractivity (Wildman–Crippen MR) is 72.9 cm³/mol. The molecule has 96 valence electrons. The number of unbranched alkanes of at least 4 members (excludes halogenated alkanes) is 1. The van der Waals surface area contributed by atoms with E-state index in [0.29, 0.717) is 17.0 Å². The second kappa shape index (κ2) is 7.70. The predicted octanol–water partition coefficient (Wildman–Crippen LogP) is 5.18. The van der Waals surface area contributed by atoms with Crippen LogP contribution in [0.15, 0.2) is 22.7 Å². The highest BCUT2D eigenvalue weighted by Crippen LogP contribution is 2.26. The topological polar surface area (TPSA) is 9.23 Å². The van der Waals surface area contributed by atoms with Crippen molar-refractivity contribution in [2.24, 2.45) is 5.92 Å². The quantitative estimate of drug-likeness (QED) is 0.674. The molecule has 0 heterocycles. The van der Waals surface area contributed by atoms with Crippen LogP contribution in [0.3, 0.4) is 0 Å². The maximum atomic E-state index is 12.9. The summed E-state index contributed by atoms with van der Waals surface area (Å²) in [5, 5.41) is 0. The van der Waals surface area contributed by atoms with Gasteiger partial charge in [-0.1, -0.05) is 33.1 Å². The Morgan fingerprint density at radius 3 is 2.71 bits per heavy atom.